The van der Waals surface area contributed by atoms with Crippen molar-refractivity contribution in [2.24, 2.45) is 4.99 Å². The van der Waals surface area contributed by atoms with Gasteiger partial charge in [-0.3, -0.25) is 4.79 Å². The lowest BCUT2D eigenvalue weighted by atomic mass is 10.2. The Morgan fingerprint density at radius 1 is 1.15 bits per heavy atom. The highest BCUT2D eigenvalue weighted by atomic mass is 16.5. The molecular formula is C18H34N4O4. The Hall–Kier alpha value is -1.38. The molecule has 0 spiro atoms. The van der Waals surface area contributed by atoms with E-state index in [0.717, 1.165) is 51.9 Å². The van der Waals surface area contributed by atoms with Gasteiger partial charge in [-0.2, -0.15) is 0 Å². The van der Waals surface area contributed by atoms with Gasteiger partial charge in [0.1, 0.15) is 6.54 Å². The zero-order valence-corrected chi connectivity index (χ0v) is 16.2. The highest BCUT2D eigenvalue weighted by Gasteiger charge is 2.16. The summed E-state index contributed by atoms with van der Waals surface area (Å²) in [7, 11) is 3.46. The van der Waals surface area contributed by atoms with Crippen molar-refractivity contribution in [1.82, 2.24) is 15.5 Å². The SMILES string of the molecule is CN(C)C(=O)CN=C(NCCCOCC1CCCO1)NCC1CCCO1. The van der Waals surface area contributed by atoms with Gasteiger partial charge in [-0.1, -0.05) is 0 Å². The molecule has 0 aromatic rings. The van der Waals surface area contributed by atoms with Crippen molar-refractivity contribution in [3.05, 3.63) is 0 Å². The second-order valence-corrected chi connectivity index (χ2v) is 6.96. The molecule has 2 rings (SSSR count). The number of ether oxygens (including phenoxy) is 3. The van der Waals surface area contributed by atoms with E-state index in [0.29, 0.717) is 25.7 Å². The van der Waals surface area contributed by atoms with Gasteiger partial charge in [0.15, 0.2) is 5.96 Å². The number of carbonyl (C=O) groups is 1. The third-order valence-corrected chi connectivity index (χ3v) is 4.48. The molecule has 0 radical (unpaired) electrons. The second kappa shape index (κ2) is 12.1. The fourth-order valence-electron chi connectivity index (χ4n) is 2.85. The van der Waals surface area contributed by atoms with Crippen LogP contribution in [0.5, 0.6) is 0 Å². The number of nitrogens with one attached hydrogen (secondary N) is 2. The van der Waals surface area contributed by atoms with Crippen LogP contribution in [0.15, 0.2) is 4.99 Å². The van der Waals surface area contributed by atoms with E-state index < -0.39 is 0 Å². The predicted octanol–water partition coefficient (Wildman–Crippen LogP) is 0.375. The minimum Gasteiger partial charge on any atom is -0.379 e. The van der Waals surface area contributed by atoms with Crippen molar-refractivity contribution in [1.29, 1.82) is 0 Å². The largest absolute Gasteiger partial charge is 0.379 e. The van der Waals surface area contributed by atoms with Gasteiger partial charge in [0.05, 0.1) is 18.8 Å². The number of hydrogen-bond acceptors (Lipinski definition) is 5. The molecule has 0 bridgehead atoms. The summed E-state index contributed by atoms with van der Waals surface area (Å²) in [5.41, 5.74) is 0. The lowest BCUT2D eigenvalue weighted by Crippen LogP contribution is -2.42. The van der Waals surface area contributed by atoms with Gasteiger partial charge in [-0.05, 0) is 32.1 Å². The monoisotopic (exact) mass is 370 g/mol. The quantitative estimate of drug-likeness (QED) is 0.328. The first-order valence-corrected chi connectivity index (χ1v) is 9.68. The first kappa shape index (κ1) is 20.9. The highest BCUT2D eigenvalue weighted by Crippen LogP contribution is 2.12. The van der Waals surface area contributed by atoms with Crippen LogP contribution in [-0.4, -0.2) is 89.1 Å². The number of rotatable bonds is 10. The molecule has 26 heavy (non-hydrogen) atoms. The maximum atomic E-state index is 11.8. The lowest BCUT2D eigenvalue weighted by molar-refractivity contribution is -0.127. The zero-order valence-electron chi connectivity index (χ0n) is 16.2. The molecule has 150 valence electrons. The molecule has 0 aromatic heterocycles. The van der Waals surface area contributed by atoms with Crippen molar-refractivity contribution in [3.8, 4) is 0 Å². The van der Waals surface area contributed by atoms with Crippen molar-refractivity contribution < 1.29 is 19.0 Å². The summed E-state index contributed by atoms with van der Waals surface area (Å²) in [6, 6.07) is 0. The summed E-state index contributed by atoms with van der Waals surface area (Å²) < 4.78 is 16.8. The molecule has 8 heteroatoms. The normalized spacial score (nSPS) is 23.2. The molecule has 8 nitrogen and oxygen atoms in total. The number of carbonyl (C=O) groups excluding carboxylic acids is 1. The lowest BCUT2D eigenvalue weighted by Gasteiger charge is -2.16. The number of aliphatic imine (C=N–C) groups is 1. The average Bonchev–Trinajstić information content (AvgIpc) is 3.32. The Morgan fingerprint density at radius 2 is 1.88 bits per heavy atom. The van der Waals surface area contributed by atoms with E-state index in [-0.39, 0.29) is 24.7 Å². The van der Waals surface area contributed by atoms with Crippen LogP contribution >= 0.6 is 0 Å². The van der Waals surface area contributed by atoms with Crippen LogP contribution in [0, 0.1) is 0 Å². The highest BCUT2D eigenvalue weighted by molar-refractivity contribution is 5.84. The number of nitrogens with zero attached hydrogens (tertiary/aromatic N) is 2. The standard InChI is InChI=1S/C18H34N4O4/c1-22(2)17(23)13-21-18(20-12-15-6-3-10-25-15)19-8-5-9-24-14-16-7-4-11-26-16/h15-16H,3-14H2,1-2H3,(H2,19,20,21). The smallest absolute Gasteiger partial charge is 0.243 e. The van der Waals surface area contributed by atoms with Crippen molar-refractivity contribution in [2.75, 3.05) is 60.2 Å². The molecule has 0 aliphatic carbocycles. The molecule has 2 heterocycles. The molecule has 2 saturated heterocycles. The van der Waals surface area contributed by atoms with Gasteiger partial charge in [-0.25, -0.2) is 4.99 Å². The molecular weight excluding hydrogens is 336 g/mol. The van der Waals surface area contributed by atoms with Gasteiger partial charge in [0, 0.05) is 47.0 Å². The van der Waals surface area contributed by atoms with Crippen LogP contribution < -0.4 is 10.6 Å². The molecule has 2 aliphatic heterocycles. The molecule has 2 N–H and O–H groups in total. The van der Waals surface area contributed by atoms with Gasteiger partial charge in [0.25, 0.3) is 0 Å². The van der Waals surface area contributed by atoms with Crippen molar-refractivity contribution >= 4 is 11.9 Å². The van der Waals surface area contributed by atoms with Crippen LogP contribution in [0.2, 0.25) is 0 Å². The molecule has 2 atom stereocenters. The summed E-state index contributed by atoms with van der Waals surface area (Å²) in [6.07, 6.45) is 5.77. The zero-order chi connectivity index (χ0) is 18.6. The Labute approximate surface area is 156 Å². The topological polar surface area (TPSA) is 84.4 Å². The number of likely N-dealkylation sites (N-methyl/N-ethyl adjacent to an activating group) is 1. The van der Waals surface area contributed by atoms with Crippen molar-refractivity contribution in [2.45, 2.75) is 44.3 Å². The maximum absolute atomic E-state index is 11.8. The van der Waals surface area contributed by atoms with E-state index in [9.17, 15) is 4.79 Å². The van der Waals surface area contributed by atoms with Crippen LogP contribution in [0.25, 0.3) is 0 Å². The van der Waals surface area contributed by atoms with Gasteiger partial charge in [-0.15, -0.1) is 0 Å². The Bertz CT molecular complexity index is 433. The Kier molecular flexibility index (Phi) is 9.73. The van der Waals surface area contributed by atoms with E-state index in [1.165, 1.54) is 0 Å². The summed E-state index contributed by atoms with van der Waals surface area (Å²) >= 11 is 0. The van der Waals surface area contributed by atoms with Crippen LogP contribution in [0.4, 0.5) is 0 Å². The predicted molar refractivity (Wildman–Crippen MR) is 100 cm³/mol. The van der Waals surface area contributed by atoms with E-state index >= 15 is 0 Å². The minimum absolute atomic E-state index is 0.0249. The molecule has 0 aromatic carbocycles. The summed E-state index contributed by atoms with van der Waals surface area (Å²) in [5, 5.41) is 6.54. The number of hydrogen-bond donors (Lipinski definition) is 2. The summed E-state index contributed by atoms with van der Waals surface area (Å²) in [6.45, 7) is 4.61. The molecule has 1 amide bonds. The first-order chi connectivity index (χ1) is 12.6. The Morgan fingerprint density at radius 3 is 2.54 bits per heavy atom. The molecule has 2 aliphatic rings. The van der Waals surface area contributed by atoms with E-state index in [1.807, 2.05) is 0 Å². The Balaban J connectivity index is 1.64. The van der Waals surface area contributed by atoms with Crippen LogP contribution in [0.3, 0.4) is 0 Å². The van der Waals surface area contributed by atoms with E-state index in [1.54, 1.807) is 19.0 Å². The maximum Gasteiger partial charge on any atom is 0.243 e. The van der Waals surface area contributed by atoms with Crippen LogP contribution in [0.1, 0.15) is 32.1 Å². The number of guanidine groups is 1. The minimum atomic E-state index is -0.0249. The van der Waals surface area contributed by atoms with Crippen molar-refractivity contribution in [3.63, 3.8) is 0 Å². The van der Waals surface area contributed by atoms with Crippen LogP contribution in [-0.2, 0) is 19.0 Å². The van der Waals surface area contributed by atoms with Gasteiger partial charge >= 0.3 is 0 Å². The second-order valence-electron chi connectivity index (χ2n) is 6.96. The van der Waals surface area contributed by atoms with Gasteiger partial charge in [0.2, 0.25) is 5.91 Å². The first-order valence-electron chi connectivity index (χ1n) is 9.68. The van der Waals surface area contributed by atoms with Gasteiger partial charge < -0.3 is 29.7 Å². The summed E-state index contributed by atoms with van der Waals surface area (Å²) in [5.74, 6) is 0.623. The molecule has 2 unspecified atom stereocenters. The molecule has 0 saturated carbocycles. The number of amides is 1. The third-order valence-electron chi connectivity index (χ3n) is 4.48. The fourth-order valence-corrected chi connectivity index (χ4v) is 2.85. The van der Waals surface area contributed by atoms with E-state index in [4.69, 9.17) is 14.2 Å². The summed E-state index contributed by atoms with van der Waals surface area (Å²) in [4.78, 5) is 17.7. The third kappa shape index (κ3) is 8.33. The fraction of sp³-hybridized carbons (Fsp3) is 0.889. The molecule has 2 fully saturated rings. The van der Waals surface area contributed by atoms with E-state index in [2.05, 4.69) is 15.6 Å². The average molecular weight is 370 g/mol.